The van der Waals surface area contributed by atoms with Gasteiger partial charge in [0.25, 0.3) is 0 Å². The third-order valence-electron chi connectivity index (χ3n) is 3.37. The van der Waals surface area contributed by atoms with Crippen molar-refractivity contribution in [2.24, 2.45) is 0 Å². The van der Waals surface area contributed by atoms with Gasteiger partial charge >= 0.3 is 5.97 Å². The second-order valence-electron chi connectivity index (χ2n) is 5.13. The Labute approximate surface area is 160 Å². The minimum atomic E-state index is -0.594. The Bertz CT molecular complexity index is 863. The number of methoxy groups -OCH3 is 1. The normalized spacial score (nSPS) is 11.2. The van der Waals surface area contributed by atoms with Crippen LogP contribution in [0.15, 0.2) is 42.5 Å². The van der Waals surface area contributed by atoms with Crippen LogP contribution in [0, 0.1) is 0 Å². The summed E-state index contributed by atoms with van der Waals surface area (Å²) in [6.07, 6.45) is 1.40. The van der Waals surface area contributed by atoms with Crippen molar-refractivity contribution < 1.29 is 14.3 Å². The molecule has 0 aliphatic rings. The van der Waals surface area contributed by atoms with Crippen molar-refractivity contribution >= 4 is 57.9 Å². The molecule has 7 heteroatoms. The summed E-state index contributed by atoms with van der Waals surface area (Å²) in [7, 11) is 1.25. The van der Waals surface area contributed by atoms with E-state index in [4.69, 9.17) is 39.5 Å². The van der Waals surface area contributed by atoms with E-state index in [1.54, 1.807) is 31.2 Å². The summed E-state index contributed by atoms with van der Waals surface area (Å²) in [5.74, 6) is -1.00. The van der Waals surface area contributed by atoms with Crippen LogP contribution in [0.4, 0.5) is 5.69 Å². The third-order valence-corrected chi connectivity index (χ3v) is 4.34. The first-order chi connectivity index (χ1) is 11.8. The Hall–Kier alpha value is -2.01. The number of amides is 1. The van der Waals surface area contributed by atoms with Crippen LogP contribution in [0.2, 0.25) is 15.1 Å². The number of nitrogens with one attached hydrogen (secondary N) is 1. The van der Waals surface area contributed by atoms with Crippen molar-refractivity contribution in [2.45, 2.75) is 6.92 Å². The van der Waals surface area contributed by atoms with E-state index < -0.39 is 11.9 Å². The Morgan fingerprint density at radius 2 is 1.76 bits per heavy atom. The van der Waals surface area contributed by atoms with Crippen LogP contribution in [-0.2, 0) is 9.53 Å². The molecule has 0 aliphatic carbocycles. The third kappa shape index (κ3) is 4.98. The molecule has 0 unspecified atom stereocenters. The van der Waals surface area contributed by atoms with Gasteiger partial charge in [0.1, 0.15) is 0 Å². The zero-order chi connectivity index (χ0) is 18.6. The molecule has 2 rings (SSSR count). The van der Waals surface area contributed by atoms with Gasteiger partial charge in [0, 0.05) is 11.1 Å². The van der Waals surface area contributed by atoms with Gasteiger partial charge in [-0.25, -0.2) is 4.79 Å². The Kier molecular flexibility index (Phi) is 6.48. The topological polar surface area (TPSA) is 55.4 Å². The van der Waals surface area contributed by atoms with E-state index in [1.165, 1.54) is 25.3 Å². The zero-order valence-electron chi connectivity index (χ0n) is 13.4. The van der Waals surface area contributed by atoms with Gasteiger partial charge in [-0.05, 0) is 48.4 Å². The average molecular weight is 399 g/mol. The summed E-state index contributed by atoms with van der Waals surface area (Å²) < 4.78 is 4.70. The summed E-state index contributed by atoms with van der Waals surface area (Å²) in [6.45, 7) is 1.77. The standard InChI is InChI=1S/C18H14Cl3NO3/c1-10(11-3-5-14(20)15(21)8-11)7-17(23)22-16-6-4-12(19)9-13(16)18(24)25-2/h3-9H,1-2H3,(H,22,23)/b10-7-. The van der Waals surface area contributed by atoms with Crippen LogP contribution in [0.3, 0.4) is 0 Å². The molecular formula is C18H14Cl3NO3. The Balaban J connectivity index is 2.25. The van der Waals surface area contributed by atoms with Crippen LogP contribution < -0.4 is 5.32 Å². The van der Waals surface area contributed by atoms with Crippen LogP contribution in [0.25, 0.3) is 5.57 Å². The monoisotopic (exact) mass is 397 g/mol. The van der Waals surface area contributed by atoms with E-state index in [0.29, 0.717) is 26.3 Å². The first-order valence-corrected chi connectivity index (χ1v) is 8.27. The molecule has 0 fully saturated rings. The quantitative estimate of drug-likeness (QED) is 0.548. The van der Waals surface area contributed by atoms with E-state index in [0.717, 1.165) is 5.56 Å². The number of carbonyl (C=O) groups excluding carboxylic acids is 2. The van der Waals surface area contributed by atoms with Gasteiger partial charge in [-0.1, -0.05) is 40.9 Å². The summed E-state index contributed by atoms with van der Waals surface area (Å²) in [5, 5.41) is 3.85. The smallest absolute Gasteiger partial charge is 0.340 e. The highest BCUT2D eigenvalue weighted by atomic mass is 35.5. The lowest BCUT2D eigenvalue weighted by molar-refractivity contribution is -0.111. The first-order valence-electron chi connectivity index (χ1n) is 7.14. The van der Waals surface area contributed by atoms with E-state index in [2.05, 4.69) is 5.32 Å². The fourth-order valence-electron chi connectivity index (χ4n) is 2.09. The molecule has 4 nitrogen and oxygen atoms in total. The van der Waals surface area contributed by atoms with Gasteiger partial charge in [-0.3, -0.25) is 4.79 Å². The van der Waals surface area contributed by atoms with Crippen LogP contribution >= 0.6 is 34.8 Å². The zero-order valence-corrected chi connectivity index (χ0v) is 15.7. The predicted octanol–water partition coefficient (Wildman–Crippen LogP) is 5.48. The maximum atomic E-state index is 12.3. The van der Waals surface area contributed by atoms with Gasteiger partial charge < -0.3 is 10.1 Å². The number of halogens is 3. The number of benzene rings is 2. The van der Waals surface area contributed by atoms with Crippen molar-refractivity contribution in [1.82, 2.24) is 0 Å². The number of hydrogen-bond donors (Lipinski definition) is 1. The molecule has 25 heavy (non-hydrogen) atoms. The van der Waals surface area contributed by atoms with Gasteiger partial charge in [-0.2, -0.15) is 0 Å². The van der Waals surface area contributed by atoms with E-state index in [1.807, 2.05) is 0 Å². The van der Waals surface area contributed by atoms with Gasteiger partial charge in [0.15, 0.2) is 0 Å². The molecule has 0 bridgehead atoms. The fourth-order valence-corrected chi connectivity index (χ4v) is 2.56. The summed E-state index contributed by atoms with van der Waals surface area (Å²) in [5.41, 5.74) is 1.92. The van der Waals surface area contributed by atoms with Crippen molar-refractivity contribution in [3.63, 3.8) is 0 Å². The average Bonchev–Trinajstić information content (AvgIpc) is 2.58. The Morgan fingerprint density at radius 1 is 1.04 bits per heavy atom. The summed E-state index contributed by atoms with van der Waals surface area (Å²) >= 11 is 17.8. The molecule has 0 heterocycles. The Morgan fingerprint density at radius 3 is 2.40 bits per heavy atom. The lowest BCUT2D eigenvalue weighted by Gasteiger charge is -2.09. The predicted molar refractivity (Wildman–Crippen MR) is 102 cm³/mol. The number of hydrogen-bond acceptors (Lipinski definition) is 3. The van der Waals surface area contributed by atoms with E-state index >= 15 is 0 Å². The van der Waals surface area contributed by atoms with Crippen molar-refractivity contribution in [3.05, 3.63) is 68.7 Å². The molecule has 0 aliphatic heterocycles. The van der Waals surface area contributed by atoms with Gasteiger partial charge in [-0.15, -0.1) is 0 Å². The highest BCUT2D eigenvalue weighted by Gasteiger charge is 2.14. The second kappa shape index (κ2) is 8.39. The molecule has 2 aromatic rings. The van der Waals surface area contributed by atoms with Crippen molar-refractivity contribution in [1.29, 1.82) is 0 Å². The lowest BCUT2D eigenvalue weighted by atomic mass is 10.1. The van der Waals surface area contributed by atoms with E-state index in [-0.39, 0.29) is 5.56 Å². The fraction of sp³-hybridized carbons (Fsp3) is 0.111. The lowest BCUT2D eigenvalue weighted by Crippen LogP contribution is -2.13. The highest BCUT2D eigenvalue weighted by Crippen LogP contribution is 2.26. The number of anilines is 1. The molecule has 0 aromatic heterocycles. The minimum absolute atomic E-state index is 0.170. The summed E-state index contributed by atoms with van der Waals surface area (Å²) in [6, 6.07) is 9.62. The largest absolute Gasteiger partial charge is 0.465 e. The van der Waals surface area contributed by atoms with Crippen molar-refractivity contribution in [3.8, 4) is 0 Å². The van der Waals surface area contributed by atoms with Crippen molar-refractivity contribution in [2.75, 3.05) is 12.4 Å². The minimum Gasteiger partial charge on any atom is -0.465 e. The molecule has 1 N–H and O–H groups in total. The molecule has 0 saturated carbocycles. The molecule has 2 aromatic carbocycles. The molecule has 130 valence electrons. The van der Waals surface area contributed by atoms with Crippen LogP contribution in [0.1, 0.15) is 22.8 Å². The highest BCUT2D eigenvalue weighted by molar-refractivity contribution is 6.42. The molecule has 1 amide bonds. The number of esters is 1. The van der Waals surface area contributed by atoms with E-state index in [9.17, 15) is 9.59 Å². The number of allylic oxidation sites excluding steroid dienone is 1. The van der Waals surface area contributed by atoms with Crippen LogP contribution in [0.5, 0.6) is 0 Å². The maximum Gasteiger partial charge on any atom is 0.340 e. The maximum absolute atomic E-state index is 12.3. The molecule has 0 spiro atoms. The first kappa shape index (κ1) is 19.3. The SMILES string of the molecule is COC(=O)c1cc(Cl)ccc1NC(=O)/C=C(/C)c1ccc(Cl)c(Cl)c1. The molecule has 0 atom stereocenters. The second-order valence-corrected chi connectivity index (χ2v) is 6.38. The number of ether oxygens (including phenoxy) is 1. The van der Waals surface area contributed by atoms with Gasteiger partial charge in [0.2, 0.25) is 5.91 Å². The number of carbonyl (C=O) groups is 2. The molecule has 0 saturated heterocycles. The molecule has 0 radical (unpaired) electrons. The summed E-state index contributed by atoms with van der Waals surface area (Å²) in [4.78, 5) is 24.1. The van der Waals surface area contributed by atoms with Crippen LogP contribution in [-0.4, -0.2) is 19.0 Å². The number of rotatable bonds is 4. The van der Waals surface area contributed by atoms with Gasteiger partial charge in [0.05, 0.1) is 28.4 Å². The molecular weight excluding hydrogens is 385 g/mol.